The maximum absolute atomic E-state index is 13.2. The average molecular weight is 510 g/mol. The summed E-state index contributed by atoms with van der Waals surface area (Å²) in [6, 6.07) is 22.3. The average Bonchev–Trinajstić information content (AvgIpc) is 2.90. The van der Waals surface area contributed by atoms with Crippen molar-refractivity contribution in [3.63, 3.8) is 0 Å². The summed E-state index contributed by atoms with van der Waals surface area (Å²) in [5.41, 5.74) is 1.81. The van der Waals surface area contributed by atoms with Crippen molar-refractivity contribution in [2.75, 3.05) is 26.3 Å². The number of carbonyl (C=O) groups is 2. The smallest absolute Gasteiger partial charge is 0.415 e. The number of carboxylic acid groups (broad SMARTS) is 1. The van der Waals surface area contributed by atoms with Gasteiger partial charge in [-0.25, -0.2) is 14.0 Å². The van der Waals surface area contributed by atoms with Crippen LogP contribution in [0.2, 0.25) is 0 Å². The van der Waals surface area contributed by atoms with Gasteiger partial charge in [-0.05, 0) is 67.3 Å². The van der Waals surface area contributed by atoms with Gasteiger partial charge in [0.1, 0.15) is 23.9 Å². The summed E-state index contributed by atoms with van der Waals surface area (Å²) in [7, 11) is 0. The minimum atomic E-state index is -0.996. The van der Waals surface area contributed by atoms with E-state index in [9.17, 15) is 19.1 Å². The molecule has 3 rings (SSSR count). The monoisotopic (exact) mass is 509 g/mol. The van der Waals surface area contributed by atoms with E-state index in [1.54, 1.807) is 72.5 Å². The van der Waals surface area contributed by atoms with Gasteiger partial charge in [0.2, 0.25) is 0 Å². The Morgan fingerprint density at radius 2 is 1.57 bits per heavy atom. The van der Waals surface area contributed by atoms with E-state index >= 15 is 0 Å². The van der Waals surface area contributed by atoms with Crippen molar-refractivity contribution < 1.29 is 33.3 Å². The largest absolute Gasteiger partial charge is 0.492 e. The maximum atomic E-state index is 13.2. The van der Waals surface area contributed by atoms with E-state index in [2.05, 4.69) is 0 Å². The number of carbonyl (C=O) groups excluding carboxylic acids is 1. The molecule has 0 fully saturated rings. The number of amides is 1. The molecule has 1 unspecified atom stereocenters. The molecule has 0 saturated carbocycles. The number of hydrogen-bond acceptors (Lipinski definition) is 5. The Kier molecular flexibility index (Phi) is 10.9. The molecule has 1 N–H and O–H groups in total. The normalized spacial score (nSPS) is 11.5. The summed E-state index contributed by atoms with van der Waals surface area (Å²) < 4.78 is 29.8. The first-order valence-electron chi connectivity index (χ1n) is 12.3. The van der Waals surface area contributed by atoms with E-state index in [1.807, 2.05) is 6.07 Å². The first-order chi connectivity index (χ1) is 17.9. The van der Waals surface area contributed by atoms with Gasteiger partial charge in [-0.1, -0.05) is 42.5 Å². The lowest BCUT2D eigenvalue weighted by Crippen LogP contribution is -2.37. The number of aliphatic carboxylic acids is 1. The van der Waals surface area contributed by atoms with Crippen molar-refractivity contribution in [3.05, 3.63) is 95.8 Å². The third-order valence-electron chi connectivity index (χ3n) is 5.63. The Labute approximate surface area is 216 Å². The van der Waals surface area contributed by atoms with E-state index in [0.717, 1.165) is 11.1 Å². The van der Waals surface area contributed by atoms with Crippen LogP contribution in [-0.4, -0.2) is 54.5 Å². The van der Waals surface area contributed by atoms with Crippen LogP contribution >= 0.6 is 0 Å². The summed E-state index contributed by atoms with van der Waals surface area (Å²) in [6.45, 7) is 3.08. The molecule has 0 saturated heterocycles. The summed E-state index contributed by atoms with van der Waals surface area (Å²) in [5.74, 6) is -0.212. The first kappa shape index (κ1) is 27.7. The molecule has 1 amide bonds. The van der Waals surface area contributed by atoms with Gasteiger partial charge in [0.15, 0.2) is 6.10 Å². The van der Waals surface area contributed by atoms with E-state index in [4.69, 9.17) is 14.2 Å². The number of ether oxygens (including phenoxy) is 3. The molecule has 3 aromatic rings. The van der Waals surface area contributed by atoms with Crippen LogP contribution in [0, 0.1) is 5.82 Å². The van der Waals surface area contributed by atoms with Crippen molar-refractivity contribution in [2.24, 2.45) is 0 Å². The van der Waals surface area contributed by atoms with Crippen LogP contribution in [0.3, 0.4) is 0 Å². The molecule has 3 aromatic carbocycles. The number of aryl methyl sites for hydroxylation is 1. The highest BCUT2D eigenvalue weighted by Crippen LogP contribution is 2.16. The molecule has 1 atom stereocenters. The number of para-hydroxylation sites is 1. The van der Waals surface area contributed by atoms with Gasteiger partial charge in [-0.2, -0.15) is 0 Å². The van der Waals surface area contributed by atoms with Gasteiger partial charge in [-0.15, -0.1) is 0 Å². The second-order valence-electron chi connectivity index (χ2n) is 8.38. The van der Waals surface area contributed by atoms with E-state index < -0.39 is 18.2 Å². The predicted octanol–water partition coefficient (Wildman–Crippen LogP) is 5.37. The third-order valence-corrected chi connectivity index (χ3v) is 5.63. The highest BCUT2D eigenvalue weighted by atomic mass is 19.1. The molecule has 0 aliphatic carbocycles. The number of halogens is 1. The summed E-state index contributed by atoms with van der Waals surface area (Å²) in [6.07, 6.45) is 0.262. The Bertz CT molecular complexity index is 1110. The second kappa shape index (κ2) is 14.6. The number of hydrogen-bond donors (Lipinski definition) is 1. The third kappa shape index (κ3) is 9.57. The van der Waals surface area contributed by atoms with Crippen LogP contribution < -0.4 is 9.47 Å². The fourth-order valence-corrected chi connectivity index (χ4v) is 3.70. The maximum Gasteiger partial charge on any atom is 0.415 e. The van der Waals surface area contributed by atoms with Crippen LogP contribution in [0.15, 0.2) is 78.9 Å². The lowest BCUT2D eigenvalue weighted by molar-refractivity contribution is -0.149. The van der Waals surface area contributed by atoms with Crippen LogP contribution in [0.4, 0.5) is 9.18 Å². The molecule has 0 aliphatic rings. The Morgan fingerprint density at radius 3 is 2.22 bits per heavy atom. The minimum absolute atomic E-state index is 0.247. The van der Waals surface area contributed by atoms with Crippen molar-refractivity contribution in [1.82, 2.24) is 4.90 Å². The molecule has 0 spiro atoms. The van der Waals surface area contributed by atoms with E-state index in [-0.39, 0.29) is 18.8 Å². The minimum Gasteiger partial charge on any atom is -0.492 e. The topological polar surface area (TPSA) is 85.3 Å². The second-order valence-corrected chi connectivity index (χ2v) is 8.38. The van der Waals surface area contributed by atoms with Gasteiger partial charge >= 0.3 is 12.1 Å². The van der Waals surface area contributed by atoms with Crippen molar-refractivity contribution in [2.45, 2.75) is 32.3 Å². The number of nitrogens with zero attached hydrogens (tertiary/aromatic N) is 1. The van der Waals surface area contributed by atoms with Gasteiger partial charge in [-0.3, -0.25) is 0 Å². The zero-order chi connectivity index (χ0) is 26.5. The molecular formula is C29H32FNO6. The zero-order valence-electron chi connectivity index (χ0n) is 20.8. The fourth-order valence-electron chi connectivity index (χ4n) is 3.70. The highest BCUT2D eigenvalue weighted by Gasteiger charge is 2.18. The van der Waals surface area contributed by atoms with Crippen molar-refractivity contribution >= 4 is 12.1 Å². The molecule has 7 nitrogen and oxygen atoms in total. The van der Waals surface area contributed by atoms with Crippen LogP contribution in [0.1, 0.15) is 24.5 Å². The Balaban J connectivity index is 1.54. The van der Waals surface area contributed by atoms with Gasteiger partial charge < -0.3 is 24.2 Å². The SMILES string of the molecule is CCOC(Cc1ccc(OCCN(CCCc2ccc(F)cc2)C(=O)Oc2ccccc2)cc1)C(=O)O. The lowest BCUT2D eigenvalue weighted by atomic mass is 10.1. The van der Waals surface area contributed by atoms with Gasteiger partial charge in [0.25, 0.3) is 0 Å². The Morgan fingerprint density at radius 1 is 0.892 bits per heavy atom. The molecule has 37 heavy (non-hydrogen) atoms. The molecule has 196 valence electrons. The van der Waals surface area contributed by atoms with Crippen LogP contribution in [0.5, 0.6) is 11.5 Å². The predicted molar refractivity (Wildman–Crippen MR) is 137 cm³/mol. The van der Waals surface area contributed by atoms with E-state index in [1.165, 1.54) is 12.1 Å². The van der Waals surface area contributed by atoms with Crippen molar-refractivity contribution in [1.29, 1.82) is 0 Å². The molecule has 0 aromatic heterocycles. The summed E-state index contributed by atoms with van der Waals surface area (Å²) >= 11 is 0. The summed E-state index contributed by atoms with van der Waals surface area (Å²) in [5, 5.41) is 9.26. The van der Waals surface area contributed by atoms with Crippen molar-refractivity contribution in [3.8, 4) is 11.5 Å². The molecule has 8 heteroatoms. The summed E-state index contributed by atoms with van der Waals surface area (Å²) in [4.78, 5) is 25.7. The quantitative estimate of drug-likeness (QED) is 0.315. The molecular weight excluding hydrogens is 477 g/mol. The lowest BCUT2D eigenvalue weighted by Gasteiger charge is -2.22. The molecule has 0 radical (unpaired) electrons. The first-order valence-corrected chi connectivity index (χ1v) is 12.3. The Hall–Kier alpha value is -3.91. The standard InChI is InChI=1S/C29H32FNO6/c1-2-35-27(28(32)33)21-23-12-16-25(17-13-23)36-20-19-31(29(34)37-26-8-4-3-5-9-26)18-6-7-22-10-14-24(30)15-11-22/h3-5,8-17,27H,2,6-7,18-21H2,1H3,(H,32,33). The molecule has 0 aliphatic heterocycles. The van der Waals surface area contributed by atoms with E-state index in [0.29, 0.717) is 44.0 Å². The van der Waals surface area contributed by atoms with Gasteiger partial charge in [0.05, 0.1) is 6.54 Å². The number of benzene rings is 3. The highest BCUT2D eigenvalue weighted by molar-refractivity contribution is 5.72. The fraction of sp³-hybridized carbons (Fsp3) is 0.310. The van der Waals surface area contributed by atoms with Crippen LogP contribution in [0.25, 0.3) is 0 Å². The van der Waals surface area contributed by atoms with Gasteiger partial charge in [0, 0.05) is 19.6 Å². The van der Waals surface area contributed by atoms with Crippen LogP contribution in [-0.2, 0) is 22.4 Å². The molecule has 0 bridgehead atoms. The zero-order valence-corrected chi connectivity index (χ0v) is 20.8. The molecule has 0 heterocycles. The number of carboxylic acids is 1. The number of rotatable bonds is 14.